The largest absolute Gasteiger partial charge is 0.342 e. The van der Waals surface area contributed by atoms with Crippen LogP contribution in [-0.2, 0) is 16.6 Å². The summed E-state index contributed by atoms with van der Waals surface area (Å²) in [6.45, 7) is 3.86. The lowest BCUT2D eigenvalue weighted by Gasteiger charge is -2.08. The number of aromatic nitrogens is 2. The predicted octanol–water partition coefficient (Wildman–Crippen LogP) is 3.86. The van der Waals surface area contributed by atoms with Crippen LogP contribution < -0.4 is 5.69 Å². The van der Waals surface area contributed by atoms with E-state index in [-0.39, 0.29) is 11.4 Å². The minimum Gasteiger partial charge on any atom is -0.294 e. The summed E-state index contributed by atoms with van der Waals surface area (Å²) in [6, 6.07) is 9.72. The van der Waals surface area contributed by atoms with Gasteiger partial charge in [0.15, 0.2) is 0 Å². The fraction of sp³-hybridized carbons (Fsp3) is 0.167. The minimum absolute atomic E-state index is 0.0741. The van der Waals surface area contributed by atoms with Gasteiger partial charge in [-0.15, -0.1) is 0 Å². The maximum atomic E-state index is 12.8. The van der Waals surface area contributed by atoms with Crippen molar-refractivity contribution in [2.24, 2.45) is 0 Å². The first-order valence-electron chi connectivity index (χ1n) is 7.74. The lowest BCUT2D eigenvalue weighted by Crippen LogP contribution is -2.29. The molecule has 0 unspecified atom stereocenters. The smallest absolute Gasteiger partial charge is 0.294 e. The molecule has 136 valence electrons. The highest BCUT2D eigenvalue weighted by molar-refractivity contribution is 7.90. The Labute approximate surface area is 161 Å². The lowest BCUT2D eigenvalue weighted by molar-refractivity contribution is 0.583. The van der Waals surface area contributed by atoms with Gasteiger partial charge in [0.2, 0.25) is 0 Å². The average Bonchev–Trinajstić information content (AvgIpc) is 2.94. The monoisotopic (exact) mass is 410 g/mol. The number of imidazole rings is 1. The van der Waals surface area contributed by atoms with Crippen molar-refractivity contribution in [2.45, 2.75) is 25.3 Å². The molecule has 0 N–H and O–H groups in total. The molecule has 0 spiro atoms. The van der Waals surface area contributed by atoms with Gasteiger partial charge in [-0.05, 0) is 54.8 Å². The van der Waals surface area contributed by atoms with E-state index in [0.29, 0.717) is 15.6 Å². The molecular weight excluding hydrogens is 395 g/mol. The molecule has 3 rings (SSSR count). The van der Waals surface area contributed by atoms with E-state index in [1.54, 1.807) is 30.3 Å². The maximum Gasteiger partial charge on any atom is 0.342 e. The standard InChI is InChI=1S/C18H16Cl2N2O3S/c1-12-3-6-16(9-13(12)2)26(24,25)22-8-7-21(18(22)23)11-14-4-5-15(19)10-17(14)20/h3-10H,11H2,1-2H3. The Kier molecular flexibility index (Phi) is 5.01. The Morgan fingerprint density at radius 3 is 2.35 bits per heavy atom. The first-order chi connectivity index (χ1) is 12.2. The summed E-state index contributed by atoms with van der Waals surface area (Å²) in [7, 11) is -3.97. The molecule has 1 heterocycles. The Hall–Kier alpha value is -2.02. The van der Waals surface area contributed by atoms with Crippen LogP contribution in [-0.4, -0.2) is 17.0 Å². The molecule has 0 aliphatic heterocycles. The normalized spacial score (nSPS) is 11.7. The lowest BCUT2D eigenvalue weighted by atomic mass is 10.1. The van der Waals surface area contributed by atoms with Gasteiger partial charge in [0.25, 0.3) is 10.0 Å². The van der Waals surface area contributed by atoms with E-state index in [1.807, 2.05) is 13.8 Å². The van der Waals surface area contributed by atoms with Gasteiger partial charge >= 0.3 is 5.69 Å². The molecule has 0 aliphatic rings. The number of rotatable bonds is 4. The van der Waals surface area contributed by atoms with Gasteiger partial charge in [-0.25, -0.2) is 13.2 Å². The van der Waals surface area contributed by atoms with Crippen molar-refractivity contribution in [2.75, 3.05) is 0 Å². The Morgan fingerprint density at radius 2 is 1.69 bits per heavy atom. The summed E-state index contributed by atoms with van der Waals surface area (Å²) in [4.78, 5) is 12.7. The summed E-state index contributed by atoms with van der Waals surface area (Å²) in [6.07, 6.45) is 2.67. The third-order valence-corrected chi connectivity index (χ3v) is 6.44. The summed E-state index contributed by atoms with van der Waals surface area (Å²) in [5.74, 6) is 0. The number of benzene rings is 2. The zero-order valence-electron chi connectivity index (χ0n) is 14.1. The van der Waals surface area contributed by atoms with Gasteiger partial charge < -0.3 is 0 Å². The Balaban J connectivity index is 2.00. The molecule has 0 radical (unpaired) electrons. The van der Waals surface area contributed by atoms with E-state index in [9.17, 15) is 13.2 Å². The molecule has 0 saturated carbocycles. The van der Waals surface area contributed by atoms with Crippen LogP contribution in [0.3, 0.4) is 0 Å². The fourth-order valence-electron chi connectivity index (χ4n) is 2.52. The van der Waals surface area contributed by atoms with E-state index in [0.717, 1.165) is 15.1 Å². The predicted molar refractivity (Wildman–Crippen MR) is 103 cm³/mol. The Bertz CT molecular complexity index is 1150. The van der Waals surface area contributed by atoms with Crippen LogP contribution in [0.15, 0.2) is 58.5 Å². The summed E-state index contributed by atoms with van der Waals surface area (Å²) < 4.78 is 27.6. The zero-order chi connectivity index (χ0) is 19.1. The van der Waals surface area contributed by atoms with Crippen molar-refractivity contribution in [1.82, 2.24) is 8.54 Å². The second-order valence-electron chi connectivity index (χ2n) is 5.99. The summed E-state index contributed by atoms with van der Waals surface area (Å²) in [5.41, 5.74) is 1.83. The van der Waals surface area contributed by atoms with Crippen LogP contribution in [0.2, 0.25) is 10.0 Å². The topological polar surface area (TPSA) is 61.1 Å². The zero-order valence-corrected chi connectivity index (χ0v) is 16.4. The third-order valence-electron chi connectivity index (χ3n) is 4.21. The molecule has 0 amide bonds. The van der Waals surface area contributed by atoms with Crippen molar-refractivity contribution in [3.63, 3.8) is 0 Å². The molecule has 0 fully saturated rings. The first-order valence-corrected chi connectivity index (χ1v) is 9.94. The molecule has 0 bridgehead atoms. The second kappa shape index (κ2) is 6.95. The summed E-state index contributed by atoms with van der Waals surface area (Å²) in [5, 5.41) is 0.898. The number of hydrogen-bond donors (Lipinski definition) is 0. The highest BCUT2D eigenvalue weighted by Crippen LogP contribution is 2.22. The van der Waals surface area contributed by atoms with Crippen molar-refractivity contribution in [1.29, 1.82) is 0 Å². The number of nitrogens with zero attached hydrogens (tertiary/aromatic N) is 2. The molecule has 8 heteroatoms. The van der Waals surface area contributed by atoms with Crippen molar-refractivity contribution >= 4 is 33.2 Å². The van der Waals surface area contributed by atoms with Crippen molar-refractivity contribution in [3.05, 3.63) is 86.0 Å². The molecule has 3 aromatic rings. The average molecular weight is 411 g/mol. The highest BCUT2D eigenvalue weighted by Gasteiger charge is 2.21. The Morgan fingerprint density at radius 1 is 0.962 bits per heavy atom. The van der Waals surface area contributed by atoms with Gasteiger partial charge in [-0.2, -0.15) is 3.97 Å². The maximum absolute atomic E-state index is 12.8. The molecular formula is C18H16Cl2N2O3S. The van der Waals surface area contributed by atoms with Crippen LogP contribution in [0.25, 0.3) is 0 Å². The quantitative estimate of drug-likeness (QED) is 0.655. The molecule has 1 aromatic heterocycles. The van der Waals surface area contributed by atoms with E-state index in [1.165, 1.54) is 23.0 Å². The van der Waals surface area contributed by atoms with Crippen LogP contribution in [0.1, 0.15) is 16.7 Å². The van der Waals surface area contributed by atoms with Gasteiger partial charge in [0, 0.05) is 22.4 Å². The highest BCUT2D eigenvalue weighted by atomic mass is 35.5. The van der Waals surface area contributed by atoms with Crippen LogP contribution in [0, 0.1) is 13.8 Å². The number of halogens is 2. The minimum atomic E-state index is -3.97. The molecule has 26 heavy (non-hydrogen) atoms. The van der Waals surface area contributed by atoms with Gasteiger partial charge in [0.1, 0.15) is 0 Å². The van der Waals surface area contributed by atoms with Gasteiger partial charge in [0.05, 0.1) is 11.4 Å². The molecule has 2 aromatic carbocycles. The molecule has 0 saturated heterocycles. The van der Waals surface area contributed by atoms with Crippen molar-refractivity contribution in [3.8, 4) is 0 Å². The van der Waals surface area contributed by atoms with E-state index in [4.69, 9.17) is 23.2 Å². The molecule has 0 atom stereocenters. The SMILES string of the molecule is Cc1ccc(S(=O)(=O)n2ccn(Cc3ccc(Cl)cc3Cl)c2=O)cc1C. The van der Waals surface area contributed by atoms with Gasteiger partial charge in [-0.3, -0.25) is 4.57 Å². The number of hydrogen-bond acceptors (Lipinski definition) is 3. The molecule has 5 nitrogen and oxygen atoms in total. The van der Waals surface area contributed by atoms with Crippen LogP contribution in [0.4, 0.5) is 0 Å². The molecule has 0 aliphatic carbocycles. The van der Waals surface area contributed by atoms with E-state index < -0.39 is 15.7 Å². The number of aryl methyl sites for hydroxylation is 2. The van der Waals surface area contributed by atoms with Crippen LogP contribution in [0.5, 0.6) is 0 Å². The van der Waals surface area contributed by atoms with E-state index >= 15 is 0 Å². The first kappa shape index (κ1) is 18.8. The van der Waals surface area contributed by atoms with E-state index in [2.05, 4.69) is 0 Å². The van der Waals surface area contributed by atoms with Crippen molar-refractivity contribution < 1.29 is 8.42 Å². The van der Waals surface area contributed by atoms with Gasteiger partial charge in [-0.1, -0.05) is 35.3 Å². The fourth-order valence-corrected chi connectivity index (χ4v) is 4.31. The third kappa shape index (κ3) is 3.45. The van der Waals surface area contributed by atoms with Crippen LogP contribution >= 0.6 is 23.2 Å². The summed E-state index contributed by atoms with van der Waals surface area (Å²) >= 11 is 12.0. The second-order valence-corrected chi connectivity index (χ2v) is 8.65.